The Kier molecular flexibility index (Phi) is 6.81. The Morgan fingerprint density at radius 2 is 1.62 bits per heavy atom. The summed E-state index contributed by atoms with van der Waals surface area (Å²) in [5.41, 5.74) is 5.07. The minimum atomic E-state index is -0.192. The maximum Gasteiger partial charge on any atom is 0.243 e. The van der Waals surface area contributed by atoms with Gasteiger partial charge >= 0.3 is 0 Å². The van der Waals surface area contributed by atoms with Gasteiger partial charge in [-0.3, -0.25) is 9.59 Å². The minimum Gasteiger partial charge on any atom is -0.336 e. The zero-order valence-electron chi connectivity index (χ0n) is 15.7. The highest BCUT2D eigenvalue weighted by Gasteiger charge is 2.14. The van der Waals surface area contributed by atoms with Gasteiger partial charge in [0.1, 0.15) is 0 Å². The maximum atomic E-state index is 12.3. The summed E-state index contributed by atoms with van der Waals surface area (Å²) in [6.45, 7) is 6.00. The van der Waals surface area contributed by atoms with E-state index in [1.807, 2.05) is 57.2 Å². The molecule has 2 aromatic rings. The fourth-order valence-electron chi connectivity index (χ4n) is 2.95. The second-order valence-electron chi connectivity index (χ2n) is 6.70. The largest absolute Gasteiger partial charge is 0.336 e. The van der Waals surface area contributed by atoms with Crippen LogP contribution in [0.3, 0.4) is 0 Å². The average Bonchev–Trinajstić information content (AvgIpc) is 2.57. The number of likely N-dealkylation sites (N-methyl/N-ethyl adjacent to an activating group) is 1. The van der Waals surface area contributed by atoms with Crippen LogP contribution in [-0.4, -0.2) is 30.3 Å². The second kappa shape index (κ2) is 8.86. The van der Waals surface area contributed by atoms with Crippen molar-refractivity contribution < 1.29 is 9.59 Å². The molecule has 138 valence electrons. The molecule has 0 atom stereocenters. The number of nitrogens with one attached hydrogen (secondary N) is 1. The smallest absolute Gasteiger partial charge is 0.243 e. The molecule has 0 aliphatic carbocycles. The quantitative estimate of drug-likeness (QED) is 0.822. The summed E-state index contributed by atoms with van der Waals surface area (Å²) < 4.78 is 0. The Labute approximate surface area is 160 Å². The molecule has 26 heavy (non-hydrogen) atoms. The van der Waals surface area contributed by atoms with Crippen molar-refractivity contribution in [1.82, 2.24) is 4.90 Å². The molecule has 0 bridgehead atoms. The molecule has 0 unspecified atom stereocenters. The number of amides is 2. The Morgan fingerprint density at radius 3 is 2.19 bits per heavy atom. The molecule has 0 aliphatic heterocycles. The number of hydrogen-bond donors (Lipinski definition) is 1. The molecule has 2 aromatic carbocycles. The first-order chi connectivity index (χ1) is 12.3. The highest BCUT2D eigenvalue weighted by molar-refractivity contribution is 6.30. The van der Waals surface area contributed by atoms with Crippen molar-refractivity contribution in [3.63, 3.8) is 0 Å². The molecule has 2 rings (SSSR count). The van der Waals surface area contributed by atoms with Gasteiger partial charge in [-0.2, -0.15) is 0 Å². The first-order valence-corrected chi connectivity index (χ1v) is 9.00. The SMILES string of the molecule is Cc1cc(C)c(NC(=O)CN(C)C(=O)CCc2ccc(Cl)cc2)c(C)c1. The van der Waals surface area contributed by atoms with E-state index in [-0.39, 0.29) is 18.4 Å². The lowest BCUT2D eigenvalue weighted by Gasteiger charge is -2.18. The van der Waals surface area contributed by atoms with E-state index in [1.54, 1.807) is 7.05 Å². The van der Waals surface area contributed by atoms with Crippen molar-refractivity contribution in [3.8, 4) is 0 Å². The summed E-state index contributed by atoms with van der Waals surface area (Å²) in [5, 5.41) is 3.60. The van der Waals surface area contributed by atoms with Crippen LogP contribution in [0.5, 0.6) is 0 Å². The maximum absolute atomic E-state index is 12.3. The van der Waals surface area contributed by atoms with Crippen molar-refractivity contribution in [2.24, 2.45) is 0 Å². The fraction of sp³-hybridized carbons (Fsp3) is 0.333. The molecule has 1 N–H and O–H groups in total. The molecular weight excluding hydrogens is 348 g/mol. The first-order valence-electron chi connectivity index (χ1n) is 8.62. The van der Waals surface area contributed by atoms with Crippen LogP contribution >= 0.6 is 11.6 Å². The van der Waals surface area contributed by atoms with Gasteiger partial charge < -0.3 is 10.2 Å². The van der Waals surface area contributed by atoms with Gasteiger partial charge in [-0.15, -0.1) is 0 Å². The molecular formula is C21H25ClN2O2. The van der Waals surface area contributed by atoms with Crippen LogP contribution < -0.4 is 5.32 Å². The Bertz CT molecular complexity index is 777. The summed E-state index contributed by atoms with van der Waals surface area (Å²) in [5.74, 6) is -0.255. The number of aryl methyl sites for hydroxylation is 4. The van der Waals surface area contributed by atoms with Crippen LogP contribution in [0.15, 0.2) is 36.4 Å². The summed E-state index contributed by atoms with van der Waals surface area (Å²) in [6.07, 6.45) is 0.978. The van der Waals surface area contributed by atoms with Gasteiger partial charge in [-0.25, -0.2) is 0 Å². The molecule has 0 spiro atoms. The van der Waals surface area contributed by atoms with Gasteiger partial charge in [0, 0.05) is 24.2 Å². The third kappa shape index (κ3) is 5.60. The number of rotatable bonds is 6. The van der Waals surface area contributed by atoms with E-state index in [0.717, 1.165) is 27.9 Å². The zero-order chi connectivity index (χ0) is 19.3. The van der Waals surface area contributed by atoms with E-state index >= 15 is 0 Å². The molecule has 5 heteroatoms. The lowest BCUT2D eigenvalue weighted by atomic mass is 10.1. The third-order valence-electron chi connectivity index (χ3n) is 4.29. The summed E-state index contributed by atoms with van der Waals surface area (Å²) in [4.78, 5) is 26.0. The van der Waals surface area contributed by atoms with Crippen LogP contribution in [0, 0.1) is 20.8 Å². The van der Waals surface area contributed by atoms with E-state index in [1.165, 1.54) is 4.90 Å². The standard InChI is InChI=1S/C21H25ClN2O2/c1-14-11-15(2)21(16(3)12-14)23-19(25)13-24(4)20(26)10-7-17-5-8-18(22)9-6-17/h5-6,8-9,11-12H,7,10,13H2,1-4H3,(H,23,25). The van der Waals surface area contributed by atoms with E-state index in [0.29, 0.717) is 17.9 Å². The summed E-state index contributed by atoms with van der Waals surface area (Å²) >= 11 is 5.86. The van der Waals surface area contributed by atoms with E-state index in [2.05, 4.69) is 5.32 Å². The lowest BCUT2D eigenvalue weighted by molar-refractivity contribution is -0.133. The average molecular weight is 373 g/mol. The second-order valence-corrected chi connectivity index (χ2v) is 7.13. The Morgan fingerprint density at radius 1 is 1.04 bits per heavy atom. The van der Waals surface area contributed by atoms with Crippen LogP contribution in [0.1, 0.15) is 28.7 Å². The topological polar surface area (TPSA) is 49.4 Å². The predicted octanol–water partition coefficient (Wildman–Crippen LogP) is 4.29. The number of halogens is 1. The minimum absolute atomic E-state index is 0.0339. The number of carbonyl (C=O) groups is 2. The van der Waals surface area contributed by atoms with Crippen molar-refractivity contribution in [1.29, 1.82) is 0 Å². The highest BCUT2D eigenvalue weighted by Crippen LogP contribution is 2.21. The van der Waals surface area contributed by atoms with Crippen molar-refractivity contribution in [2.75, 3.05) is 18.9 Å². The van der Waals surface area contributed by atoms with Crippen LogP contribution in [0.4, 0.5) is 5.69 Å². The third-order valence-corrected chi connectivity index (χ3v) is 4.54. The molecule has 0 radical (unpaired) electrons. The van der Waals surface area contributed by atoms with Gasteiger partial charge in [0.2, 0.25) is 11.8 Å². The van der Waals surface area contributed by atoms with E-state index < -0.39 is 0 Å². The normalized spacial score (nSPS) is 10.5. The van der Waals surface area contributed by atoms with Gasteiger partial charge in [0.15, 0.2) is 0 Å². The van der Waals surface area contributed by atoms with Crippen LogP contribution in [-0.2, 0) is 16.0 Å². The van der Waals surface area contributed by atoms with Crippen LogP contribution in [0.25, 0.3) is 0 Å². The monoisotopic (exact) mass is 372 g/mol. The molecule has 0 aromatic heterocycles. The van der Waals surface area contributed by atoms with Gasteiger partial charge in [0.25, 0.3) is 0 Å². The summed E-state index contributed by atoms with van der Waals surface area (Å²) in [6, 6.07) is 11.5. The highest BCUT2D eigenvalue weighted by atomic mass is 35.5. The molecule has 4 nitrogen and oxygen atoms in total. The molecule has 0 aliphatic rings. The predicted molar refractivity (Wildman–Crippen MR) is 107 cm³/mol. The number of benzene rings is 2. The first kappa shape index (κ1) is 20.0. The molecule has 0 fully saturated rings. The van der Waals surface area contributed by atoms with Crippen LogP contribution in [0.2, 0.25) is 5.02 Å². The fourth-order valence-corrected chi connectivity index (χ4v) is 3.08. The van der Waals surface area contributed by atoms with Crippen molar-refractivity contribution in [3.05, 3.63) is 63.7 Å². The molecule has 0 heterocycles. The molecule has 2 amide bonds. The van der Waals surface area contributed by atoms with Crippen molar-refractivity contribution in [2.45, 2.75) is 33.6 Å². The lowest BCUT2D eigenvalue weighted by Crippen LogP contribution is -2.35. The number of hydrogen-bond acceptors (Lipinski definition) is 2. The Hall–Kier alpha value is -2.33. The molecule has 0 saturated carbocycles. The van der Waals surface area contributed by atoms with Gasteiger partial charge in [0.05, 0.1) is 6.54 Å². The number of carbonyl (C=O) groups excluding carboxylic acids is 2. The van der Waals surface area contributed by atoms with Gasteiger partial charge in [-0.05, 0) is 56.0 Å². The number of anilines is 1. The summed E-state index contributed by atoms with van der Waals surface area (Å²) in [7, 11) is 1.65. The van der Waals surface area contributed by atoms with Gasteiger partial charge in [-0.1, -0.05) is 41.4 Å². The zero-order valence-corrected chi connectivity index (χ0v) is 16.5. The molecule has 0 saturated heterocycles. The number of nitrogens with zero attached hydrogens (tertiary/aromatic N) is 1. The van der Waals surface area contributed by atoms with Crippen molar-refractivity contribution >= 4 is 29.1 Å². The Balaban J connectivity index is 1.88. The van der Waals surface area contributed by atoms with E-state index in [9.17, 15) is 9.59 Å². The van der Waals surface area contributed by atoms with E-state index in [4.69, 9.17) is 11.6 Å².